The van der Waals surface area contributed by atoms with Crippen LogP contribution in [0.3, 0.4) is 0 Å². The number of ether oxygens (including phenoxy) is 2. The van der Waals surface area contributed by atoms with Gasteiger partial charge in [0, 0.05) is 19.5 Å². The second kappa shape index (κ2) is 5.72. The van der Waals surface area contributed by atoms with Crippen LogP contribution in [0.5, 0.6) is 5.75 Å². The van der Waals surface area contributed by atoms with E-state index in [-0.39, 0.29) is 0 Å². The van der Waals surface area contributed by atoms with E-state index in [2.05, 4.69) is 32.2 Å². The highest BCUT2D eigenvalue weighted by Crippen LogP contribution is 2.28. The van der Waals surface area contributed by atoms with Gasteiger partial charge in [-0.05, 0) is 49.1 Å². The lowest BCUT2D eigenvalue weighted by Crippen LogP contribution is -2.39. The van der Waals surface area contributed by atoms with Gasteiger partial charge >= 0.3 is 0 Å². The number of hydrogen-bond donors (Lipinski definition) is 1. The normalized spacial score (nSPS) is 19.9. The van der Waals surface area contributed by atoms with E-state index < -0.39 is 0 Å². The highest BCUT2D eigenvalue weighted by atomic mass is 16.5. The van der Waals surface area contributed by atoms with Crippen molar-refractivity contribution in [3.8, 4) is 5.75 Å². The Morgan fingerprint density at radius 1 is 1.33 bits per heavy atom. The minimum atomic E-state index is 0.295. The van der Waals surface area contributed by atoms with Gasteiger partial charge in [0.2, 0.25) is 0 Å². The van der Waals surface area contributed by atoms with Crippen LogP contribution in [-0.4, -0.2) is 32.9 Å². The molecule has 1 aliphatic heterocycles. The van der Waals surface area contributed by atoms with Crippen LogP contribution < -0.4 is 10.1 Å². The van der Waals surface area contributed by atoms with E-state index in [1.807, 2.05) is 0 Å². The van der Waals surface area contributed by atoms with Crippen molar-refractivity contribution in [2.45, 2.75) is 33.3 Å². The molecule has 1 aromatic carbocycles. The number of morpholine rings is 1. The Labute approximate surface area is 109 Å². The standard InChI is InChI=1S/C15H23NO2/c1-10-7-15(17-4)12(3)11(2)14(10)8-13-9-16-5-6-18-13/h7,13,16H,5-6,8-9H2,1-4H3. The van der Waals surface area contributed by atoms with Crippen LogP contribution in [0.1, 0.15) is 22.3 Å². The number of aryl methyl sites for hydroxylation is 1. The molecule has 100 valence electrons. The zero-order valence-corrected chi connectivity index (χ0v) is 11.8. The van der Waals surface area contributed by atoms with Crippen molar-refractivity contribution in [3.05, 3.63) is 28.3 Å². The molecule has 0 saturated carbocycles. The Hall–Kier alpha value is -1.06. The fourth-order valence-electron chi connectivity index (χ4n) is 2.60. The van der Waals surface area contributed by atoms with Crippen LogP contribution in [-0.2, 0) is 11.2 Å². The van der Waals surface area contributed by atoms with Crippen molar-refractivity contribution in [3.63, 3.8) is 0 Å². The molecule has 1 N–H and O–H groups in total. The molecule has 1 unspecified atom stereocenters. The van der Waals surface area contributed by atoms with Gasteiger partial charge in [0.05, 0.1) is 19.8 Å². The second-order valence-electron chi connectivity index (χ2n) is 5.03. The first-order valence-corrected chi connectivity index (χ1v) is 6.59. The maximum absolute atomic E-state index is 5.79. The molecule has 3 nitrogen and oxygen atoms in total. The zero-order chi connectivity index (χ0) is 13.1. The molecule has 1 aliphatic rings. The van der Waals surface area contributed by atoms with Gasteiger partial charge in [-0.1, -0.05) is 0 Å². The Bertz CT molecular complexity index is 423. The highest BCUT2D eigenvalue weighted by Gasteiger charge is 2.18. The van der Waals surface area contributed by atoms with Crippen LogP contribution in [0.4, 0.5) is 0 Å². The summed E-state index contributed by atoms with van der Waals surface area (Å²) >= 11 is 0. The lowest BCUT2D eigenvalue weighted by molar-refractivity contribution is 0.0290. The molecule has 0 aromatic heterocycles. The predicted octanol–water partition coefficient (Wildman–Crippen LogP) is 2.15. The highest BCUT2D eigenvalue weighted by molar-refractivity contribution is 5.48. The third kappa shape index (κ3) is 2.68. The minimum Gasteiger partial charge on any atom is -0.496 e. The second-order valence-corrected chi connectivity index (χ2v) is 5.03. The molecule has 0 radical (unpaired) electrons. The molecule has 0 aliphatic carbocycles. The smallest absolute Gasteiger partial charge is 0.122 e. The third-order valence-corrected chi connectivity index (χ3v) is 3.86. The number of methoxy groups -OCH3 is 1. The first-order valence-electron chi connectivity index (χ1n) is 6.59. The van der Waals surface area contributed by atoms with Crippen molar-refractivity contribution < 1.29 is 9.47 Å². The largest absolute Gasteiger partial charge is 0.496 e. The molecule has 1 saturated heterocycles. The molecular weight excluding hydrogens is 226 g/mol. The first kappa shape index (κ1) is 13.4. The molecule has 1 atom stereocenters. The van der Waals surface area contributed by atoms with E-state index in [0.29, 0.717) is 6.10 Å². The first-order chi connectivity index (χ1) is 8.63. The summed E-state index contributed by atoms with van der Waals surface area (Å²) in [7, 11) is 1.73. The molecular formula is C15H23NO2. The average molecular weight is 249 g/mol. The molecule has 0 amide bonds. The average Bonchev–Trinajstić information content (AvgIpc) is 2.40. The van der Waals surface area contributed by atoms with E-state index in [1.165, 1.54) is 22.3 Å². The van der Waals surface area contributed by atoms with Crippen LogP contribution in [0.15, 0.2) is 6.07 Å². The monoisotopic (exact) mass is 249 g/mol. The van der Waals surface area contributed by atoms with Gasteiger partial charge in [0.25, 0.3) is 0 Å². The van der Waals surface area contributed by atoms with E-state index in [0.717, 1.165) is 31.9 Å². The molecule has 1 heterocycles. The summed E-state index contributed by atoms with van der Waals surface area (Å²) in [6, 6.07) is 2.13. The summed E-state index contributed by atoms with van der Waals surface area (Å²) in [5, 5.41) is 3.38. The molecule has 0 spiro atoms. The van der Waals surface area contributed by atoms with Gasteiger partial charge in [-0.2, -0.15) is 0 Å². The summed E-state index contributed by atoms with van der Waals surface area (Å²) in [4.78, 5) is 0. The third-order valence-electron chi connectivity index (χ3n) is 3.86. The number of hydrogen-bond acceptors (Lipinski definition) is 3. The van der Waals surface area contributed by atoms with Crippen molar-refractivity contribution in [2.24, 2.45) is 0 Å². The molecule has 3 heteroatoms. The maximum atomic E-state index is 5.79. The minimum absolute atomic E-state index is 0.295. The Morgan fingerprint density at radius 2 is 2.11 bits per heavy atom. The summed E-state index contributed by atoms with van der Waals surface area (Å²) in [5.74, 6) is 0.983. The predicted molar refractivity (Wildman–Crippen MR) is 73.5 cm³/mol. The van der Waals surface area contributed by atoms with Crippen LogP contribution in [0.2, 0.25) is 0 Å². The Balaban J connectivity index is 2.24. The summed E-state index contributed by atoms with van der Waals surface area (Å²) in [6.07, 6.45) is 1.28. The SMILES string of the molecule is COc1cc(C)c(CC2CNCCO2)c(C)c1C. The van der Waals surface area contributed by atoms with Crippen molar-refractivity contribution >= 4 is 0 Å². The summed E-state index contributed by atoms with van der Waals surface area (Å²) < 4.78 is 11.2. The van der Waals surface area contributed by atoms with E-state index in [9.17, 15) is 0 Å². The topological polar surface area (TPSA) is 30.5 Å². The zero-order valence-electron chi connectivity index (χ0n) is 11.8. The fraction of sp³-hybridized carbons (Fsp3) is 0.600. The number of benzene rings is 1. The lowest BCUT2D eigenvalue weighted by Gasteiger charge is -2.25. The van der Waals surface area contributed by atoms with E-state index in [1.54, 1.807) is 7.11 Å². The van der Waals surface area contributed by atoms with Crippen LogP contribution in [0, 0.1) is 20.8 Å². The lowest BCUT2D eigenvalue weighted by atomic mass is 9.93. The molecule has 0 bridgehead atoms. The quantitative estimate of drug-likeness (QED) is 0.890. The molecule has 1 fully saturated rings. The van der Waals surface area contributed by atoms with Crippen LogP contribution in [0.25, 0.3) is 0 Å². The maximum Gasteiger partial charge on any atom is 0.122 e. The number of nitrogens with one attached hydrogen (secondary N) is 1. The fourth-order valence-corrected chi connectivity index (χ4v) is 2.60. The summed E-state index contributed by atoms with van der Waals surface area (Å²) in [6.45, 7) is 9.19. The van der Waals surface area contributed by atoms with E-state index in [4.69, 9.17) is 9.47 Å². The van der Waals surface area contributed by atoms with E-state index >= 15 is 0 Å². The van der Waals surface area contributed by atoms with Gasteiger partial charge in [0.15, 0.2) is 0 Å². The molecule has 18 heavy (non-hydrogen) atoms. The van der Waals surface area contributed by atoms with Gasteiger partial charge < -0.3 is 14.8 Å². The van der Waals surface area contributed by atoms with Gasteiger partial charge in [-0.25, -0.2) is 0 Å². The Kier molecular flexibility index (Phi) is 4.25. The van der Waals surface area contributed by atoms with Gasteiger partial charge in [-0.3, -0.25) is 0 Å². The van der Waals surface area contributed by atoms with Gasteiger partial charge in [0.1, 0.15) is 5.75 Å². The number of rotatable bonds is 3. The summed E-state index contributed by atoms with van der Waals surface area (Å²) in [5.41, 5.74) is 5.27. The van der Waals surface area contributed by atoms with Crippen molar-refractivity contribution in [1.29, 1.82) is 0 Å². The molecule has 2 rings (SSSR count). The van der Waals surface area contributed by atoms with Gasteiger partial charge in [-0.15, -0.1) is 0 Å². The van der Waals surface area contributed by atoms with Crippen LogP contribution >= 0.6 is 0 Å². The Morgan fingerprint density at radius 3 is 2.72 bits per heavy atom. The van der Waals surface area contributed by atoms with Crippen molar-refractivity contribution in [1.82, 2.24) is 5.32 Å². The molecule has 1 aromatic rings. The van der Waals surface area contributed by atoms with Crippen molar-refractivity contribution in [2.75, 3.05) is 26.8 Å².